The van der Waals surface area contributed by atoms with Crippen molar-refractivity contribution in [2.45, 2.75) is 38.6 Å². The van der Waals surface area contributed by atoms with E-state index in [1.54, 1.807) is 0 Å². The first kappa shape index (κ1) is 16.8. The van der Waals surface area contributed by atoms with Gasteiger partial charge in [-0.2, -0.15) is 0 Å². The van der Waals surface area contributed by atoms with Gasteiger partial charge in [0.15, 0.2) is 0 Å². The van der Waals surface area contributed by atoms with Crippen LogP contribution in [0.3, 0.4) is 0 Å². The monoisotopic (exact) mass is 298 g/mol. The fourth-order valence-electron chi connectivity index (χ4n) is 2.26. The molecule has 2 N–H and O–H groups in total. The molecule has 0 aliphatic carbocycles. The summed E-state index contributed by atoms with van der Waals surface area (Å²) >= 11 is 0. The molecule has 1 aromatic carbocycles. The molecule has 1 saturated heterocycles. The summed E-state index contributed by atoms with van der Waals surface area (Å²) in [4.78, 5) is 12.0. The normalized spacial score (nSPS) is 17.4. The van der Waals surface area contributed by atoms with E-state index in [0.29, 0.717) is 19.1 Å². The van der Waals surface area contributed by atoms with Crippen LogP contribution < -0.4 is 15.4 Å². The van der Waals surface area contributed by atoms with E-state index >= 15 is 0 Å². The fourth-order valence-corrected chi connectivity index (χ4v) is 2.26. The van der Waals surface area contributed by atoms with E-state index in [2.05, 4.69) is 17.6 Å². The van der Waals surface area contributed by atoms with Crippen molar-refractivity contribution < 1.29 is 9.53 Å². The lowest BCUT2D eigenvalue weighted by Crippen LogP contribution is -2.27. The van der Waals surface area contributed by atoms with Gasteiger partial charge in [0.25, 0.3) is 0 Å². The Morgan fingerprint density at radius 1 is 1.45 bits per heavy atom. The molecule has 4 nitrogen and oxygen atoms in total. The van der Waals surface area contributed by atoms with Crippen molar-refractivity contribution in [3.63, 3.8) is 0 Å². The number of rotatable bonds is 6. The second kappa shape index (κ2) is 8.82. The van der Waals surface area contributed by atoms with E-state index < -0.39 is 0 Å². The van der Waals surface area contributed by atoms with Gasteiger partial charge in [-0.1, -0.05) is 19.1 Å². The van der Waals surface area contributed by atoms with Gasteiger partial charge >= 0.3 is 0 Å². The molecule has 1 amide bonds. The van der Waals surface area contributed by atoms with Gasteiger partial charge < -0.3 is 15.4 Å². The van der Waals surface area contributed by atoms with Crippen LogP contribution in [-0.4, -0.2) is 25.1 Å². The van der Waals surface area contributed by atoms with Crippen LogP contribution in [0.1, 0.15) is 32.6 Å². The zero-order chi connectivity index (χ0) is 13.5. The maximum absolute atomic E-state index is 12.0. The molecule has 0 spiro atoms. The van der Waals surface area contributed by atoms with Crippen LogP contribution >= 0.6 is 12.4 Å². The Kier molecular flexibility index (Phi) is 7.41. The van der Waals surface area contributed by atoms with Crippen molar-refractivity contribution >= 4 is 24.0 Å². The molecule has 1 unspecified atom stereocenters. The lowest BCUT2D eigenvalue weighted by molar-refractivity contribution is -0.116. The largest absolute Gasteiger partial charge is 0.491 e. The number of carbonyl (C=O) groups is 1. The number of halogens is 1. The van der Waals surface area contributed by atoms with Gasteiger partial charge in [0, 0.05) is 12.5 Å². The Morgan fingerprint density at radius 2 is 2.25 bits per heavy atom. The van der Waals surface area contributed by atoms with Crippen LogP contribution in [0, 0.1) is 0 Å². The number of hydrogen-bond donors (Lipinski definition) is 2. The molecule has 1 fully saturated rings. The summed E-state index contributed by atoms with van der Waals surface area (Å²) in [6.45, 7) is 3.75. The van der Waals surface area contributed by atoms with Crippen molar-refractivity contribution in [3.8, 4) is 5.75 Å². The molecule has 1 heterocycles. The van der Waals surface area contributed by atoms with E-state index in [1.165, 1.54) is 0 Å². The van der Waals surface area contributed by atoms with Crippen molar-refractivity contribution in [1.82, 2.24) is 5.32 Å². The molecule has 1 aliphatic rings. The molecular weight excluding hydrogens is 276 g/mol. The third kappa shape index (κ3) is 5.02. The van der Waals surface area contributed by atoms with Gasteiger partial charge in [0.2, 0.25) is 5.91 Å². The van der Waals surface area contributed by atoms with Gasteiger partial charge in [0.1, 0.15) is 5.75 Å². The minimum Gasteiger partial charge on any atom is -0.491 e. The fraction of sp³-hybridized carbons (Fsp3) is 0.533. The first-order chi connectivity index (χ1) is 9.29. The highest BCUT2D eigenvalue weighted by atomic mass is 35.5. The van der Waals surface area contributed by atoms with Crippen LogP contribution in [-0.2, 0) is 4.79 Å². The molecular formula is C15H23ClN2O2. The van der Waals surface area contributed by atoms with Crippen LogP contribution in [0.15, 0.2) is 24.3 Å². The Labute approximate surface area is 126 Å². The molecule has 1 aromatic rings. The summed E-state index contributed by atoms with van der Waals surface area (Å²) in [5.74, 6) is 0.795. The van der Waals surface area contributed by atoms with E-state index in [4.69, 9.17) is 4.74 Å². The zero-order valence-electron chi connectivity index (χ0n) is 11.9. The van der Waals surface area contributed by atoms with Gasteiger partial charge in [-0.3, -0.25) is 4.79 Å². The van der Waals surface area contributed by atoms with E-state index in [1.807, 2.05) is 24.3 Å². The lowest BCUT2D eigenvalue weighted by atomic mass is 10.1. The van der Waals surface area contributed by atoms with E-state index in [0.717, 1.165) is 37.2 Å². The highest BCUT2D eigenvalue weighted by Gasteiger charge is 2.18. The van der Waals surface area contributed by atoms with Crippen LogP contribution in [0.25, 0.3) is 0 Å². The highest BCUT2D eigenvalue weighted by Crippen LogP contribution is 2.24. The molecule has 112 valence electrons. The second-order valence-corrected chi connectivity index (χ2v) is 4.89. The summed E-state index contributed by atoms with van der Waals surface area (Å²) in [6.07, 6.45) is 3.73. The zero-order valence-corrected chi connectivity index (χ0v) is 12.7. The predicted molar refractivity (Wildman–Crippen MR) is 83.7 cm³/mol. The summed E-state index contributed by atoms with van der Waals surface area (Å²) in [5.41, 5.74) is 0.763. The predicted octanol–water partition coefficient (Wildman–Crippen LogP) is 2.98. The van der Waals surface area contributed by atoms with Crippen molar-refractivity contribution in [2.24, 2.45) is 0 Å². The van der Waals surface area contributed by atoms with Crippen molar-refractivity contribution in [3.05, 3.63) is 24.3 Å². The van der Waals surface area contributed by atoms with Crippen LogP contribution in [0.5, 0.6) is 5.75 Å². The lowest BCUT2D eigenvalue weighted by Gasteiger charge is -2.13. The number of amides is 1. The minimum atomic E-state index is 0. The van der Waals surface area contributed by atoms with Crippen molar-refractivity contribution in [1.29, 1.82) is 0 Å². The first-order valence-corrected chi connectivity index (χ1v) is 7.04. The first-order valence-electron chi connectivity index (χ1n) is 7.04. The maximum Gasteiger partial charge on any atom is 0.226 e. The Balaban J connectivity index is 0.00000200. The summed E-state index contributed by atoms with van der Waals surface area (Å²) < 4.78 is 5.63. The minimum absolute atomic E-state index is 0. The van der Waals surface area contributed by atoms with Gasteiger partial charge in [-0.05, 0) is 37.9 Å². The Morgan fingerprint density at radius 3 is 2.95 bits per heavy atom. The number of para-hydroxylation sites is 2. The smallest absolute Gasteiger partial charge is 0.226 e. The molecule has 0 bridgehead atoms. The molecule has 20 heavy (non-hydrogen) atoms. The number of anilines is 1. The molecule has 1 aliphatic heterocycles. The highest BCUT2D eigenvalue weighted by molar-refractivity contribution is 5.92. The van der Waals surface area contributed by atoms with Crippen LogP contribution in [0.2, 0.25) is 0 Å². The van der Waals surface area contributed by atoms with Gasteiger partial charge in [-0.25, -0.2) is 0 Å². The average molecular weight is 299 g/mol. The number of ether oxygens (including phenoxy) is 1. The third-order valence-corrected chi connectivity index (χ3v) is 3.22. The molecule has 0 saturated carbocycles. The molecule has 0 radical (unpaired) electrons. The topological polar surface area (TPSA) is 50.4 Å². The average Bonchev–Trinajstić information content (AvgIpc) is 2.90. The molecule has 0 aromatic heterocycles. The number of carbonyl (C=O) groups excluding carboxylic acids is 1. The number of nitrogens with one attached hydrogen (secondary N) is 2. The van der Waals surface area contributed by atoms with Crippen molar-refractivity contribution in [2.75, 3.05) is 18.5 Å². The molecule has 5 heteroatoms. The molecule has 2 rings (SSSR count). The number of benzene rings is 1. The van der Waals surface area contributed by atoms with Gasteiger partial charge in [-0.15, -0.1) is 12.4 Å². The van der Waals surface area contributed by atoms with Crippen LogP contribution in [0.4, 0.5) is 5.69 Å². The Bertz CT molecular complexity index is 420. The molecule has 1 atom stereocenters. The maximum atomic E-state index is 12.0. The SMILES string of the molecule is CCCOc1ccccc1NC(=O)CC1CCCN1.Cl. The quantitative estimate of drug-likeness (QED) is 0.849. The number of hydrogen-bond acceptors (Lipinski definition) is 3. The standard InChI is InChI=1S/C15H22N2O2.ClH/c1-2-10-19-14-8-4-3-7-13(14)17-15(18)11-12-6-5-9-16-12;/h3-4,7-8,12,16H,2,5-6,9-11H2,1H3,(H,17,18);1H. The van der Waals surface area contributed by atoms with E-state index in [-0.39, 0.29) is 18.3 Å². The summed E-state index contributed by atoms with van der Waals surface area (Å²) in [6, 6.07) is 7.91. The second-order valence-electron chi connectivity index (χ2n) is 4.89. The summed E-state index contributed by atoms with van der Waals surface area (Å²) in [5, 5.41) is 6.27. The Hall–Kier alpha value is -1.26. The third-order valence-electron chi connectivity index (χ3n) is 3.22. The summed E-state index contributed by atoms with van der Waals surface area (Å²) in [7, 11) is 0. The van der Waals surface area contributed by atoms with Gasteiger partial charge in [0.05, 0.1) is 12.3 Å². The van der Waals surface area contributed by atoms with E-state index in [9.17, 15) is 4.79 Å².